The minimum absolute atomic E-state index is 0.00408. The van der Waals surface area contributed by atoms with Gasteiger partial charge in [-0.3, -0.25) is 23.4 Å². The van der Waals surface area contributed by atoms with Crippen LogP contribution < -0.4 is 11.2 Å². The number of nitrogens with zero attached hydrogens (tertiary/aromatic N) is 2. The van der Waals surface area contributed by atoms with Gasteiger partial charge in [0, 0.05) is 25.4 Å². The van der Waals surface area contributed by atoms with Crippen molar-refractivity contribution in [3.8, 4) is 0 Å². The number of ether oxygens (including phenoxy) is 1. The van der Waals surface area contributed by atoms with Crippen molar-refractivity contribution in [2.45, 2.75) is 43.8 Å². The van der Waals surface area contributed by atoms with Gasteiger partial charge in [-0.05, 0) is 12.8 Å². The average Bonchev–Trinajstić information content (AvgIpc) is 2.92. The van der Waals surface area contributed by atoms with Gasteiger partial charge in [-0.1, -0.05) is 6.42 Å². The molecule has 3 fully saturated rings. The molecule has 3 aliphatic rings. The van der Waals surface area contributed by atoms with E-state index in [1.54, 1.807) is 4.67 Å². The normalized spacial score (nSPS) is 39.2. The Morgan fingerprint density at radius 3 is 2.72 bits per heavy atom. The van der Waals surface area contributed by atoms with Gasteiger partial charge in [-0.15, -0.1) is 0 Å². The molecule has 3 saturated heterocycles. The van der Waals surface area contributed by atoms with Crippen LogP contribution in [0.1, 0.15) is 25.5 Å². The fraction of sp³-hybridized carbons (Fsp3) is 0.714. The van der Waals surface area contributed by atoms with Crippen LogP contribution in [0.5, 0.6) is 0 Å². The van der Waals surface area contributed by atoms with E-state index in [1.807, 2.05) is 0 Å². The van der Waals surface area contributed by atoms with Crippen LogP contribution in [0, 0.1) is 0 Å². The molecular formula is C14H20N3O7P. The highest BCUT2D eigenvalue weighted by atomic mass is 31.2. The molecule has 138 valence electrons. The van der Waals surface area contributed by atoms with Gasteiger partial charge < -0.3 is 9.84 Å². The van der Waals surface area contributed by atoms with Crippen molar-refractivity contribution in [2.24, 2.45) is 0 Å². The maximum atomic E-state index is 13.0. The smallest absolute Gasteiger partial charge is 0.386 e. The Bertz CT molecular complexity index is 802. The number of nitrogens with one attached hydrogen (secondary N) is 1. The third-order valence-electron chi connectivity index (χ3n) is 4.77. The standard InChI is InChI=1S/C14H20N3O7P/c18-10-4-7-17(14(20)15-10)13-11(19)12-9(23-13)8-22-25(21,24-12)16-5-2-1-3-6-16/h4,7,9,11-13,19H,1-3,5-6,8H2,(H,15,18,20)/t9-,11-,12-,13-,25+/m1/s1. The molecule has 10 nitrogen and oxygen atoms in total. The van der Waals surface area contributed by atoms with Crippen LogP contribution in [0.3, 0.4) is 0 Å². The van der Waals surface area contributed by atoms with Gasteiger partial charge in [0.25, 0.3) is 5.56 Å². The number of hydrogen-bond donors (Lipinski definition) is 2. The number of aliphatic hydroxyl groups is 1. The van der Waals surface area contributed by atoms with Crippen molar-refractivity contribution < 1.29 is 23.5 Å². The molecule has 0 spiro atoms. The van der Waals surface area contributed by atoms with E-state index in [2.05, 4.69) is 4.98 Å². The van der Waals surface area contributed by atoms with Gasteiger partial charge in [0.15, 0.2) is 6.23 Å². The first-order chi connectivity index (χ1) is 12.0. The first kappa shape index (κ1) is 17.1. The summed E-state index contributed by atoms with van der Waals surface area (Å²) in [4.78, 5) is 25.2. The number of aromatic nitrogens is 2. The Balaban J connectivity index is 1.56. The van der Waals surface area contributed by atoms with E-state index < -0.39 is 43.5 Å². The number of hydrogen-bond acceptors (Lipinski definition) is 7. The molecule has 1 aromatic rings. The molecule has 0 aliphatic carbocycles. The minimum atomic E-state index is -3.49. The molecule has 1 aromatic heterocycles. The van der Waals surface area contributed by atoms with Crippen LogP contribution in [0.25, 0.3) is 0 Å². The number of piperidine rings is 1. The monoisotopic (exact) mass is 373 g/mol. The second kappa shape index (κ2) is 6.46. The summed E-state index contributed by atoms with van der Waals surface area (Å²) in [6.45, 7) is 1.24. The van der Waals surface area contributed by atoms with Crippen LogP contribution in [0.4, 0.5) is 0 Å². The number of rotatable bonds is 2. The molecule has 2 N–H and O–H groups in total. The largest absolute Gasteiger partial charge is 0.408 e. The lowest BCUT2D eigenvalue weighted by molar-refractivity contribution is -0.0667. The summed E-state index contributed by atoms with van der Waals surface area (Å²) >= 11 is 0. The average molecular weight is 373 g/mol. The Morgan fingerprint density at radius 1 is 1.24 bits per heavy atom. The van der Waals surface area contributed by atoms with Crippen molar-refractivity contribution in [1.82, 2.24) is 14.2 Å². The SMILES string of the molecule is O=c1ccn([C@@H]2O[C@@H]3CO[P@@](=O)(N4CCCCC4)O[C@H]3[C@H]2O)c(=O)[nH]1. The first-order valence-electron chi connectivity index (χ1n) is 8.31. The highest BCUT2D eigenvalue weighted by molar-refractivity contribution is 7.51. The van der Waals surface area contributed by atoms with E-state index in [-0.39, 0.29) is 6.61 Å². The number of fused-ring (bicyclic) bond motifs is 1. The van der Waals surface area contributed by atoms with E-state index in [1.165, 1.54) is 6.20 Å². The van der Waals surface area contributed by atoms with Crippen LogP contribution in [-0.2, 0) is 18.3 Å². The summed E-state index contributed by atoms with van der Waals surface area (Å²) in [5.41, 5.74) is -1.24. The van der Waals surface area contributed by atoms with E-state index in [0.29, 0.717) is 13.1 Å². The van der Waals surface area contributed by atoms with Crippen LogP contribution in [0.15, 0.2) is 21.9 Å². The topological polar surface area (TPSA) is 123 Å². The lowest BCUT2D eigenvalue weighted by Gasteiger charge is -2.38. The maximum Gasteiger partial charge on any atom is 0.408 e. The molecular weight excluding hydrogens is 353 g/mol. The molecule has 0 aromatic carbocycles. The van der Waals surface area contributed by atoms with E-state index >= 15 is 0 Å². The second-order valence-electron chi connectivity index (χ2n) is 6.42. The second-order valence-corrected chi connectivity index (χ2v) is 8.39. The minimum Gasteiger partial charge on any atom is -0.386 e. The van der Waals surface area contributed by atoms with E-state index in [4.69, 9.17) is 13.8 Å². The van der Waals surface area contributed by atoms with Gasteiger partial charge in [-0.25, -0.2) is 14.0 Å². The molecule has 11 heteroatoms. The summed E-state index contributed by atoms with van der Waals surface area (Å²) in [7, 11) is -3.49. The van der Waals surface area contributed by atoms with Gasteiger partial charge >= 0.3 is 13.4 Å². The van der Waals surface area contributed by atoms with Crippen LogP contribution in [-0.4, -0.2) is 57.3 Å². The predicted octanol–water partition coefficient (Wildman–Crippen LogP) is -0.196. The summed E-state index contributed by atoms with van der Waals surface area (Å²) in [6.07, 6.45) is 0.379. The summed E-state index contributed by atoms with van der Waals surface area (Å²) in [5, 5.41) is 10.6. The van der Waals surface area contributed by atoms with Gasteiger partial charge in [-0.2, -0.15) is 0 Å². The lowest BCUT2D eigenvalue weighted by Crippen LogP contribution is -2.43. The Morgan fingerprint density at radius 2 is 2.00 bits per heavy atom. The van der Waals surface area contributed by atoms with Gasteiger partial charge in [0.1, 0.15) is 18.3 Å². The maximum absolute atomic E-state index is 13.0. The van der Waals surface area contributed by atoms with Crippen molar-refractivity contribution in [2.75, 3.05) is 19.7 Å². The Labute approximate surface area is 142 Å². The Kier molecular flexibility index (Phi) is 4.43. The number of H-pyrrole nitrogens is 1. The summed E-state index contributed by atoms with van der Waals surface area (Å²) in [6, 6.07) is 1.16. The molecule has 0 saturated carbocycles. The first-order valence-corrected chi connectivity index (χ1v) is 9.81. The molecule has 25 heavy (non-hydrogen) atoms. The molecule has 5 atom stereocenters. The highest BCUT2D eigenvalue weighted by Gasteiger charge is 2.54. The van der Waals surface area contributed by atoms with Crippen molar-refractivity contribution in [1.29, 1.82) is 0 Å². The van der Waals surface area contributed by atoms with Crippen molar-refractivity contribution in [3.05, 3.63) is 33.1 Å². The highest BCUT2D eigenvalue weighted by Crippen LogP contribution is 2.58. The zero-order valence-corrected chi connectivity index (χ0v) is 14.3. The van der Waals surface area contributed by atoms with E-state index in [0.717, 1.165) is 29.9 Å². The number of aliphatic hydroxyl groups excluding tert-OH is 1. The quantitative estimate of drug-likeness (QED) is 0.684. The molecule has 4 heterocycles. The fourth-order valence-corrected chi connectivity index (χ4v) is 5.50. The van der Waals surface area contributed by atoms with Crippen LogP contribution >= 0.6 is 7.75 Å². The molecule has 4 rings (SSSR count). The zero-order chi connectivity index (χ0) is 17.6. The van der Waals surface area contributed by atoms with Crippen LogP contribution in [0.2, 0.25) is 0 Å². The molecule has 0 unspecified atom stereocenters. The molecule has 0 radical (unpaired) electrons. The molecule has 3 aliphatic heterocycles. The van der Waals surface area contributed by atoms with Crippen molar-refractivity contribution >= 4 is 7.75 Å². The van der Waals surface area contributed by atoms with Crippen molar-refractivity contribution in [3.63, 3.8) is 0 Å². The molecule has 0 bridgehead atoms. The zero-order valence-electron chi connectivity index (χ0n) is 13.4. The van der Waals surface area contributed by atoms with Gasteiger partial charge in [0.05, 0.1) is 6.61 Å². The third-order valence-corrected chi connectivity index (χ3v) is 6.85. The summed E-state index contributed by atoms with van der Waals surface area (Å²) < 4.78 is 32.6. The summed E-state index contributed by atoms with van der Waals surface area (Å²) in [5.74, 6) is 0. The third kappa shape index (κ3) is 3.03. The fourth-order valence-electron chi connectivity index (χ4n) is 3.46. The predicted molar refractivity (Wildman–Crippen MR) is 85.1 cm³/mol. The Hall–Kier alpha value is -1.29. The van der Waals surface area contributed by atoms with Gasteiger partial charge in [0.2, 0.25) is 0 Å². The lowest BCUT2D eigenvalue weighted by atomic mass is 10.1. The number of aromatic amines is 1. The molecule has 0 amide bonds. The van der Waals surface area contributed by atoms with E-state index in [9.17, 15) is 19.3 Å².